The summed E-state index contributed by atoms with van der Waals surface area (Å²) in [5.74, 6) is 2.65. The van der Waals surface area contributed by atoms with Gasteiger partial charge in [-0.05, 0) is 24.5 Å². The molecule has 4 rings (SSSR count). The zero-order valence-electron chi connectivity index (χ0n) is 10.1. The molecular formula is C14H15NO3. The number of hydrogen-bond acceptors (Lipinski definition) is 4. The lowest BCUT2D eigenvalue weighted by Crippen LogP contribution is -2.15. The van der Waals surface area contributed by atoms with E-state index in [4.69, 9.17) is 14.2 Å². The third kappa shape index (κ3) is 1.38. The van der Waals surface area contributed by atoms with Gasteiger partial charge in [0.15, 0.2) is 11.5 Å². The average Bonchev–Trinajstić information content (AvgIpc) is 3.09. The molecule has 1 aromatic rings. The van der Waals surface area contributed by atoms with Crippen LogP contribution >= 0.6 is 0 Å². The molecule has 1 saturated heterocycles. The first kappa shape index (κ1) is 10.1. The maximum Gasteiger partial charge on any atom is 0.231 e. The van der Waals surface area contributed by atoms with E-state index in [2.05, 4.69) is 11.4 Å². The fraction of sp³-hybridized carbons (Fsp3) is 0.429. The van der Waals surface area contributed by atoms with E-state index in [-0.39, 0.29) is 0 Å². The van der Waals surface area contributed by atoms with Crippen LogP contribution in [0.1, 0.15) is 24.0 Å². The van der Waals surface area contributed by atoms with Crippen molar-refractivity contribution in [3.8, 4) is 11.5 Å². The van der Waals surface area contributed by atoms with Crippen molar-refractivity contribution in [1.82, 2.24) is 5.32 Å². The summed E-state index contributed by atoms with van der Waals surface area (Å²) in [6, 6.07) is 4.12. The van der Waals surface area contributed by atoms with Gasteiger partial charge in [0, 0.05) is 13.0 Å². The minimum absolute atomic E-state index is 0.307. The Balaban J connectivity index is 1.92. The molecule has 0 radical (unpaired) electrons. The number of rotatable bonds is 0. The maximum atomic E-state index is 5.90. The van der Waals surface area contributed by atoms with Crippen molar-refractivity contribution in [2.45, 2.75) is 19.3 Å². The van der Waals surface area contributed by atoms with Gasteiger partial charge in [0.2, 0.25) is 6.79 Å². The second-order valence-corrected chi connectivity index (χ2v) is 4.77. The molecule has 3 aliphatic rings. The Morgan fingerprint density at radius 3 is 2.94 bits per heavy atom. The molecule has 1 aromatic carbocycles. The number of hydrogen-bond donors (Lipinski definition) is 1. The minimum Gasteiger partial charge on any atom is -0.491 e. The van der Waals surface area contributed by atoms with Crippen LogP contribution in [0, 0.1) is 0 Å². The first-order valence-corrected chi connectivity index (χ1v) is 6.45. The quantitative estimate of drug-likeness (QED) is 0.759. The number of benzene rings is 1. The van der Waals surface area contributed by atoms with Crippen LogP contribution in [0.5, 0.6) is 11.5 Å². The van der Waals surface area contributed by atoms with Crippen molar-refractivity contribution < 1.29 is 14.2 Å². The second kappa shape index (κ2) is 3.83. The minimum atomic E-state index is 0.307. The highest BCUT2D eigenvalue weighted by Gasteiger charge is 2.29. The van der Waals surface area contributed by atoms with Crippen LogP contribution < -0.4 is 14.8 Å². The first-order valence-electron chi connectivity index (χ1n) is 6.45. The fourth-order valence-electron chi connectivity index (χ4n) is 2.83. The van der Waals surface area contributed by atoms with Crippen LogP contribution in [0.2, 0.25) is 0 Å². The Labute approximate surface area is 106 Å². The fourth-order valence-corrected chi connectivity index (χ4v) is 2.83. The van der Waals surface area contributed by atoms with Crippen molar-refractivity contribution in [2.24, 2.45) is 0 Å². The summed E-state index contributed by atoms with van der Waals surface area (Å²) < 4.78 is 17.0. The van der Waals surface area contributed by atoms with Gasteiger partial charge in [-0.25, -0.2) is 0 Å². The van der Waals surface area contributed by atoms with Gasteiger partial charge in [0.1, 0.15) is 5.76 Å². The number of nitrogens with one attached hydrogen (secondary N) is 1. The summed E-state index contributed by atoms with van der Waals surface area (Å²) in [4.78, 5) is 0. The molecule has 1 N–H and O–H groups in total. The highest BCUT2D eigenvalue weighted by atomic mass is 16.7. The maximum absolute atomic E-state index is 5.90. The Morgan fingerprint density at radius 2 is 2.06 bits per heavy atom. The van der Waals surface area contributed by atoms with Crippen molar-refractivity contribution in [3.63, 3.8) is 0 Å². The van der Waals surface area contributed by atoms with Crippen LogP contribution in [0.15, 0.2) is 17.8 Å². The number of fused-ring (bicyclic) bond motifs is 3. The van der Waals surface area contributed by atoms with Crippen molar-refractivity contribution in [2.75, 3.05) is 19.9 Å². The monoisotopic (exact) mass is 245 g/mol. The third-order valence-electron chi connectivity index (χ3n) is 3.69. The average molecular weight is 245 g/mol. The largest absolute Gasteiger partial charge is 0.491 e. The lowest BCUT2D eigenvalue weighted by molar-refractivity contribution is 0.172. The van der Waals surface area contributed by atoms with Crippen LogP contribution in [0.4, 0.5) is 0 Å². The standard InChI is InChI=1S/C14H15NO3/c1-2-10(15-6-1)13-12-9(5-7-16-13)3-4-11-14(12)18-8-17-11/h3-4,15H,1-2,5-8H2/b13-10-. The smallest absolute Gasteiger partial charge is 0.231 e. The van der Waals surface area contributed by atoms with E-state index in [1.54, 1.807) is 0 Å². The SMILES string of the molecule is c1cc2c(c3c1CCO/C3=C1/CCCN1)OCO2. The molecule has 0 saturated carbocycles. The van der Waals surface area contributed by atoms with Crippen molar-refractivity contribution in [3.05, 3.63) is 29.0 Å². The molecule has 4 nitrogen and oxygen atoms in total. The molecular weight excluding hydrogens is 230 g/mol. The molecule has 18 heavy (non-hydrogen) atoms. The molecule has 94 valence electrons. The molecule has 0 spiro atoms. The molecule has 4 heteroatoms. The summed E-state index contributed by atoms with van der Waals surface area (Å²) in [5, 5.41) is 3.42. The van der Waals surface area contributed by atoms with Crippen LogP contribution in [0.25, 0.3) is 5.76 Å². The van der Waals surface area contributed by atoms with Gasteiger partial charge in [0.25, 0.3) is 0 Å². The Morgan fingerprint density at radius 1 is 1.06 bits per heavy atom. The van der Waals surface area contributed by atoms with Gasteiger partial charge in [-0.3, -0.25) is 0 Å². The van der Waals surface area contributed by atoms with E-state index in [9.17, 15) is 0 Å². The van der Waals surface area contributed by atoms with Gasteiger partial charge in [-0.2, -0.15) is 0 Å². The third-order valence-corrected chi connectivity index (χ3v) is 3.69. The van der Waals surface area contributed by atoms with E-state index in [0.717, 1.165) is 48.8 Å². The molecule has 0 amide bonds. The summed E-state index contributed by atoms with van der Waals surface area (Å²) in [7, 11) is 0. The molecule has 0 aliphatic carbocycles. The van der Waals surface area contributed by atoms with Gasteiger partial charge in [-0.15, -0.1) is 0 Å². The Bertz CT molecular complexity index is 528. The predicted octanol–water partition coefficient (Wildman–Crippen LogP) is 2.04. The highest BCUT2D eigenvalue weighted by Crippen LogP contribution is 2.44. The normalized spacial score (nSPS) is 24.4. The van der Waals surface area contributed by atoms with Gasteiger partial charge >= 0.3 is 0 Å². The van der Waals surface area contributed by atoms with Crippen molar-refractivity contribution >= 4 is 5.76 Å². The molecule has 0 aromatic heterocycles. The summed E-state index contributed by atoms with van der Waals surface area (Å²) in [6.07, 6.45) is 3.16. The summed E-state index contributed by atoms with van der Waals surface area (Å²) in [5.41, 5.74) is 3.60. The lowest BCUT2D eigenvalue weighted by Gasteiger charge is -2.23. The molecule has 3 heterocycles. The Kier molecular flexibility index (Phi) is 2.15. The van der Waals surface area contributed by atoms with Crippen LogP contribution in [0.3, 0.4) is 0 Å². The molecule has 3 aliphatic heterocycles. The number of allylic oxidation sites excluding steroid dienone is 1. The predicted molar refractivity (Wildman–Crippen MR) is 66.4 cm³/mol. The van der Waals surface area contributed by atoms with E-state index in [1.807, 2.05) is 6.07 Å². The summed E-state index contributed by atoms with van der Waals surface area (Å²) in [6.45, 7) is 2.08. The zero-order valence-corrected chi connectivity index (χ0v) is 10.1. The topological polar surface area (TPSA) is 39.7 Å². The zero-order chi connectivity index (χ0) is 11.9. The molecule has 0 unspecified atom stereocenters. The van der Waals surface area contributed by atoms with Crippen LogP contribution in [-0.2, 0) is 11.2 Å². The van der Waals surface area contributed by atoms with Crippen molar-refractivity contribution in [1.29, 1.82) is 0 Å². The van der Waals surface area contributed by atoms with Gasteiger partial charge < -0.3 is 19.5 Å². The molecule has 0 bridgehead atoms. The second-order valence-electron chi connectivity index (χ2n) is 4.77. The van der Waals surface area contributed by atoms with Gasteiger partial charge in [-0.1, -0.05) is 6.07 Å². The molecule has 1 fully saturated rings. The lowest BCUT2D eigenvalue weighted by atomic mass is 9.97. The first-order chi connectivity index (χ1) is 8.93. The molecule has 0 atom stereocenters. The van der Waals surface area contributed by atoms with E-state index in [0.29, 0.717) is 6.79 Å². The highest BCUT2D eigenvalue weighted by molar-refractivity contribution is 5.75. The van der Waals surface area contributed by atoms with E-state index >= 15 is 0 Å². The number of ether oxygens (including phenoxy) is 3. The Hall–Kier alpha value is -1.84. The van der Waals surface area contributed by atoms with E-state index in [1.165, 1.54) is 17.7 Å². The van der Waals surface area contributed by atoms with Gasteiger partial charge in [0.05, 0.1) is 17.9 Å². The van der Waals surface area contributed by atoms with E-state index < -0.39 is 0 Å². The summed E-state index contributed by atoms with van der Waals surface area (Å²) >= 11 is 0. The van der Waals surface area contributed by atoms with Crippen LogP contribution in [-0.4, -0.2) is 19.9 Å².